The Morgan fingerprint density at radius 1 is 1.18 bits per heavy atom. The van der Waals surface area contributed by atoms with Crippen molar-refractivity contribution in [3.8, 4) is 17.2 Å². The maximum Gasteiger partial charge on any atom is 0.338 e. The molecule has 3 N–H and O–H groups in total. The van der Waals surface area contributed by atoms with E-state index in [1.807, 2.05) is 0 Å². The van der Waals surface area contributed by atoms with Crippen LogP contribution in [0.2, 0.25) is 10.0 Å². The minimum atomic E-state index is -0.784. The topological polar surface area (TPSA) is 137 Å². The highest BCUT2D eigenvalue weighted by atomic mass is 35.5. The minimum absolute atomic E-state index is 0.176. The van der Waals surface area contributed by atoms with Crippen LogP contribution in [0.4, 0.5) is 4.79 Å². The molecular formula is C27H28Cl2N4O7. The van der Waals surface area contributed by atoms with Crippen molar-refractivity contribution >= 4 is 47.3 Å². The number of rotatable bonds is 12. The summed E-state index contributed by atoms with van der Waals surface area (Å²) in [4.78, 5) is 37.0. The summed E-state index contributed by atoms with van der Waals surface area (Å²) in [6.07, 6.45) is 2.90. The summed E-state index contributed by atoms with van der Waals surface area (Å²) in [5, 5.41) is 9.87. The van der Waals surface area contributed by atoms with Crippen molar-refractivity contribution in [2.75, 3.05) is 26.9 Å². The Balaban J connectivity index is 1.70. The highest BCUT2D eigenvalue weighted by Crippen LogP contribution is 2.35. The summed E-state index contributed by atoms with van der Waals surface area (Å²) < 4.78 is 21.7. The van der Waals surface area contributed by atoms with Crippen molar-refractivity contribution in [2.24, 2.45) is 5.10 Å². The molecule has 0 radical (unpaired) electrons. The Kier molecular flexibility index (Phi) is 10.8. The van der Waals surface area contributed by atoms with Crippen LogP contribution in [0, 0.1) is 0 Å². The normalized spacial score (nSPS) is 14.7. The first-order valence-corrected chi connectivity index (χ1v) is 12.7. The molecule has 0 aromatic heterocycles. The molecule has 3 amide bonds. The summed E-state index contributed by atoms with van der Waals surface area (Å²) >= 11 is 12.3. The summed E-state index contributed by atoms with van der Waals surface area (Å²) in [5.74, 6) is -0.247. The van der Waals surface area contributed by atoms with Gasteiger partial charge in [-0.15, -0.1) is 0 Å². The van der Waals surface area contributed by atoms with Crippen molar-refractivity contribution in [1.82, 2.24) is 16.1 Å². The number of nitrogens with one attached hydrogen (secondary N) is 3. The van der Waals surface area contributed by atoms with Gasteiger partial charge in [-0.05, 0) is 43.7 Å². The van der Waals surface area contributed by atoms with Crippen LogP contribution in [0.15, 0.2) is 59.4 Å². The van der Waals surface area contributed by atoms with Crippen molar-refractivity contribution in [1.29, 1.82) is 0 Å². The third-order valence-corrected chi connectivity index (χ3v) is 5.92. The number of benzene rings is 2. The molecule has 0 unspecified atom stereocenters. The lowest BCUT2D eigenvalue weighted by molar-refractivity contribution is -0.139. The van der Waals surface area contributed by atoms with Crippen molar-refractivity contribution in [3.05, 3.63) is 75.4 Å². The zero-order chi connectivity index (χ0) is 29.2. The van der Waals surface area contributed by atoms with Gasteiger partial charge in [0.2, 0.25) is 0 Å². The Labute approximate surface area is 241 Å². The lowest BCUT2D eigenvalue weighted by Crippen LogP contribution is -2.45. The molecule has 0 saturated carbocycles. The van der Waals surface area contributed by atoms with Gasteiger partial charge in [-0.2, -0.15) is 5.10 Å². The number of halogens is 2. The number of hydrogen-bond acceptors (Lipinski definition) is 8. The molecule has 0 aliphatic carbocycles. The van der Waals surface area contributed by atoms with E-state index < -0.39 is 23.9 Å². The molecule has 2 aromatic carbocycles. The van der Waals surface area contributed by atoms with Crippen LogP contribution < -0.4 is 30.3 Å². The largest absolute Gasteiger partial charge is 0.493 e. The van der Waals surface area contributed by atoms with Gasteiger partial charge in [-0.3, -0.25) is 4.79 Å². The van der Waals surface area contributed by atoms with Crippen LogP contribution >= 0.6 is 23.2 Å². The SMILES string of the molecule is C=CCOc1c(Cl)cc(Cl)cc1/C=N/NC(=O)COc1ccc([C@@H]2NC(=O)NC(C)=C2C(=O)OCC)cc1OC. The fourth-order valence-corrected chi connectivity index (χ4v) is 4.29. The third kappa shape index (κ3) is 7.67. The maximum absolute atomic E-state index is 12.6. The van der Waals surface area contributed by atoms with Gasteiger partial charge in [0.1, 0.15) is 12.4 Å². The van der Waals surface area contributed by atoms with Gasteiger partial charge in [0.05, 0.1) is 36.6 Å². The molecule has 40 heavy (non-hydrogen) atoms. The van der Waals surface area contributed by atoms with Gasteiger partial charge in [-0.25, -0.2) is 15.0 Å². The van der Waals surface area contributed by atoms with E-state index in [0.717, 1.165) is 0 Å². The lowest BCUT2D eigenvalue weighted by atomic mass is 9.95. The monoisotopic (exact) mass is 590 g/mol. The number of esters is 1. The van der Waals surface area contributed by atoms with Crippen LogP contribution in [0.1, 0.15) is 31.0 Å². The van der Waals surface area contributed by atoms with E-state index in [0.29, 0.717) is 27.6 Å². The maximum atomic E-state index is 12.6. The molecule has 3 rings (SSSR count). The number of hydrazone groups is 1. The first-order valence-electron chi connectivity index (χ1n) is 12.0. The van der Waals surface area contributed by atoms with Crippen molar-refractivity contribution in [3.63, 3.8) is 0 Å². The highest BCUT2D eigenvalue weighted by Gasteiger charge is 2.32. The van der Waals surface area contributed by atoms with Gasteiger partial charge in [0.15, 0.2) is 18.1 Å². The first-order chi connectivity index (χ1) is 19.2. The molecule has 2 aromatic rings. The smallest absolute Gasteiger partial charge is 0.338 e. The second kappa shape index (κ2) is 14.2. The number of methoxy groups -OCH3 is 1. The van der Waals surface area contributed by atoms with Gasteiger partial charge >= 0.3 is 12.0 Å². The molecule has 0 fully saturated rings. The summed E-state index contributed by atoms with van der Waals surface area (Å²) in [5.41, 5.74) is 3.99. The summed E-state index contributed by atoms with van der Waals surface area (Å²) in [6.45, 7) is 6.91. The molecule has 11 nitrogen and oxygen atoms in total. The van der Waals surface area contributed by atoms with E-state index in [9.17, 15) is 14.4 Å². The molecule has 1 atom stereocenters. The zero-order valence-corrected chi connectivity index (χ0v) is 23.5. The fraction of sp³-hybridized carbons (Fsp3) is 0.259. The number of carbonyl (C=O) groups excluding carboxylic acids is 3. The van der Waals surface area contributed by atoms with Crippen LogP contribution in [0.5, 0.6) is 17.2 Å². The number of hydrogen-bond donors (Lipinski definition) is 3. The molecule has 0 bridgehead atoms. The van der Waals surface area contributed by atoms with Gasteiger partial charge in [0.25, 0.3) is 5.91 Å². The molecule has 0 spiro atoms. The second-order valence-corrected chi connectivity index (χ2v) is 9.03. The third-order valence-electron chi connectivity index (χ3n) is 5.42. The van der Waals surface area contributed by atoms with Crippen molar-refractivity contribution < 1.29 is 33.3 Å². The molecule has 1 aliphatic rings. The number of carbonyl (C=O) groups is 3. The number of nitrogens with zero attached hydrogens (tertiary/aromatic N) is 1. The van der Waals surface area contributed by atoms with E-state index in [-0.39, 0.29) is 41.9 Å². The number of amides is 3. The van der Waals surface area contributed by atoms with Gasteiger partial charge in [-0.1, -0.05) is 41.9 Å². The number of urea groups is 1. The van der Waals surface area contributed by atoms with E-state index in [1.165, 1.54) is 19.4 Å². The van der Waals surface area contributed by atoms with Crippen LogP contribution in [-0.4, -0.2) is 51.1 Å². The average molecular weight is 591 g/mol. The number of allylic oxidation sites excluding steroid dienone is 1. The molecule has 1 heterocycles. The predicted octanol–water partition coefficient (Wildman–Crippen LogP) is 4.29. The Morgan fingerprint density at radius 3 is 2.65 bits per heavy atom. The predicted molar refractivity (Wildman–Crippen MR) is 150 cm³/mol. The average Bonchev–Trinajstić information content (AvgIpc) is 2.91. The van der Waals surface area contributed by atoms with Gasteiger partial charge in [0, 0.05) is 16.3 Å². The fourth-order valence-electron chi connectivity index (χ4n) is 3.73. The molecule has 212 valence electrons. The minimum Gasteiger partial charge on any atom is -0.493 e. The Morgan fingerprint density at radius 2 is 1.95 bits per heavy atom. The molecule has 1 aliphatic heterocycles. The second-order valence-electron chi connectivity index (χ2n) is 8.19. The van der Waals surface area contributed by atoms with Crippen LogP contribution in [0.25, 0.3) is 0 Å². The molecular weight excluding hydrogens is 563 g/mol. The summed E-state index contributed by atoms with van der Waals surface area (Å²) in [6, 6.07) is 6.66. The Bertz CT molecular complexity index is 1360. The highest BCUT2D eigenvalue weighted by molar-refractivity contribution is 6.36. The molecule has 13 heteroatoms. The van der Waals surface area contributed by atoms with Gasteiger partial charge < -0.3 is 29.6 Å². The van der Waals surface area contributed by atoms with E-state index in [1.54, 1.807) is 44.2 Å². The number of ether oxygens (including phenoxy) is 4. The standard InChI is InChI=1S/C27H28Cl2N4O7/c1-5-9-39-25-17(10-18(28)12-19(25)29)13-30-33-22(34)14-40-20-8-7-16(11-21(20)37-4)24-23(26(35)38-6-2)15(3)31-27(36)32-24/h5,7-8,10-13,24H,1,6,9,14H2,2-4H3,(H,33,34)(H2,31,32,36)/b30-13+/t24-/m0/s1. The summed E-state index contributed by atoms with van der Waals surface area (Å²) in [7, 11) is 1.42. The van der Waals surface area contributed by atoms with E-state index in [4.69, 9.17) is 42.1 Å². The zero-order valence-electron chi connectivity index (χ0n) is 22.0. The van der Waals surface area contributed by atoms with E-state index >= 15 is 0 Å². The van der Waals surface area contributed by atoms with Crippen molar-refractivity contribution in [2.45, 2.75) is 19.9 Å². The molecule has 0 saturated heterocycles. The van der Waals surface area contributed by atoms with E-state index in [2.05, 4.69) is 27.7 Å². The van der Waals surface area contributed by atoms with Crippen LogP contribution in [-0.2, 0) is 14.3 Å². The van der Waals surface area contributed by atoms with Crippen LogP contribution in [0.3, 0.4) is 0 Å². The lowest BCUT2D eigenvalue weighted by Gasteiger charge is -2.28. The Hall–Kier alpha value is -4.22. The first kappa shape index (κ1) is 30.3. The quantitative estimate of drug-likeness (QED) is 0.145.